The molecule has 1 aromatic rings. The number of aliphatic hydroxyl groups is 1. The van der Waals surface area contributed by atoms with Gasteiger partial charge in [0.1, 0.15) is 0 Å². The second kappa shape index (κ2) is 10.7. The minimum atomic E-state index is -1.49. The van der Waals surface area contributed by atoms with Gasteiger partial charge >= 0.3 is 29.2 Å². The molecule has 166 valence electrons. The third-order valence-electron chi connectivity index (χ3n) is 3.42. The Balaban J connectivity index is 3.28. The Morgan fingerprint density at radius 3 is 2.17 bits per heavy atom. The van der Waals surface area contributed by atoms with E-state index in [1.54, 1.807) is 0 Å². The van der Waals surface area contributed by atoms with Crippen molar-refractivity contribution in [1.29, 1.82) is 0 Å². The molecule has 5 N–H and O–H groups in total. The van der Waals surface area contributed by atoms with Crippen LogP contribution in [0.3, 0.4) is 0 Å². The molecule has 0 unspecified atom stereocenters. The average molecular weight is 431 g/mol. The van der Waals surface area contributed by atoms with E-state index < -0.39 is 77.3 Å². The number of nitrogens with two attached hydrogens (primary N) is 1. The number of hydrogen-bond acceptors (Lipinski definition) is 13. The number of rotatable bonds is 10. The van der Waals surface area contributed by atoms with E-state index in [1.807, 2.05) is 4.98 Å². The highest BCUT2D eigenvalue weighted by atomic mass is 16.6. The van der Waals surface area contributed by atoms with Gasteiger partial charge in [-0.15, -0.1) is 0 Å². The lowest BCUT2D eigenvalue weighted by atomic mass is 10.1. The zero-order valence-corrected chi connectivity index (χ0v) is 16.2. The summed E-state index contributed by atoms with van der Waals surface area (Å²) in [6.07, 6.45) is -4.33. The fraction of sp³-hybridized carbons (Fsp3) is 0.533. The van der Waals surface area contributed by atoms with E-state index in [0.29, 0.717) is 0 Å². The Kier molecular flexibility index (Phi) is 8.66. The summed E-state index contributed by atoms with van der Waals surface area (Å²) in [7, 11) is 0. The third kappa shape index (κ3) is 7.01. The maximum Gasteiger partial charge on any atom is 0.375 e. The number of carbonyl (C=O) groups is 3. The number of nitrogens with zero attached hydrogens (tertiary/aromatic N) is 2. The van der Waals surface area contributed by atoms with Crippen LogP contribution in [0.5, 0.6) is 0 Å². The van der Waals surface area contributed by atoms with Gasteiger partial charge in [-0.1, -0.05) is 0 Å². The number of nitrogens with one attached hydrogen (secondary N) is 2. The second-order valence-electron chi connectivity index (χ2n) is 5.84. The molecule has 0 aliphatic carbocycles. The molecule has 0 amide bonds. The van der Waals surface area contributed by atoms with Crippen molar-refractivity contribution in [3.8, 4) is 0 Å². The number of carbonyl (C=O) groups excluding carboxylic acids is 3. The summed E-state index contributed by atoms with van der Waals surface area (Å²) < 4.78 is 15.0. The molecule has 30 heavy (non-hydrogen) atoms. The van der Waals surface area contributed by atoms with Gasteiger partial charge in [0, 0.05) is 20.8 Å². The van der Waals surface area contributed by atoms with Gasteiger partial charge in [0.2, 0.25) is 11.8 Å². The molecular formula is C15H21N5O10. The molecule has 0 saturated heterocycles. The molecule has 0 radical (unpaired) electrons. The van der Waals surface area contributed by atoms with E-state index in [-0.39, 0.29) is 0 Å². The molecule has 0 aromatic carbocycles. The fourth-order valence-electron chi connectivity index (χ4n) is 2.42. The van der Waals surface area contributed by atoms with Gasteiger partial charge in [-0.3, -0.25) is 34.3 Å². The largest absolute Gasteiger partial charge is 0.457 e. The Morgan fingerprint density at radius 1 is 1.17 bits per heavy atom. The van der Waals surface area contributed by atoms with E-state index in [2.05, 4.69) is 10.3 Å². The van der Waals surface area contributed by atoms with Gasteiger partial charge in [-0.05, 0) is 0 Å². The molecule has 0 aliphatic heterocycles. The smallest absolute Gasteiger partial charge is 0.375 e. The third-order valence-corrected chi connectivity index (χ3v) is 3.42. The number of hydrogen-bond donors (Lipinski definition) is 4. The predicted octanol–water partition coefficient (Wildman–Crippen LogP) is -1.54. The van der Waals surface area contributed by atoms with Crippen LogP contribution < -0.4 is 16.6 Å². The normalized spacial score (nSPS) is 13.5. The highest BCUT2D eigenvalue weighted by molar-refractivity contribution is 5.68. The Hall–Kier alpha value is -3.75. The van der Waals surface area contributed by atoms with Crippen LogP contribution in [0.1, 0.15) is 20.8 Å². The fourth-order valence-corrected chi connectivity index (χ4v) is 2.42. The number of aromatic nitrogens is 2. The van der Waals surface area contributed by atoms with E-state index >= 15 is 0 Å². The van der Waals surface area contributed by atoms with Gasteiger partial charge in [0.15, 0.2) is 18.3 Å². The summed E-state index contributed by atoms with van der Waals surface area (Å²) in [5.41, 5.74) is 3.29. The van der Waals surface area contributed by atoms with Gasteiger partial charge in [0.25, 0.3) is 0 Å². The van der Waals surface area contributed by atoms with Crippen LogP contribution in [0, 0.1) is 10.1 Å². The lowest BCUT2D eigenvalue weighted by Gasteiger charge is -2.31. The molecule has 0 fully saturated rings. The maximum atomic E-state index is 11.8. The van der Waals surface area contributed by atoms with Crippen molar-refractivity contribution in [2.24, 2.45) is 0 Å². The molecule has 0 aliphatic rings. The first-order chi connectivity index (χ1) is 14.0. The van der Waals surface area contributed by atoms with E-state index in [0.717, 1.165) is 20.8 Å². The topological polar surface area (TPSA) is 226 Å². The standard InChI is InChI=1S/C15H21N5O10/c1-6(22)28-9(12(30-8(3)24)10(5-21)29-7(2)23)4-17-13-11(20(26)27)14(25)19-15(16)18-13/h9-10,12,21H,4-5H2,1-3H3,(H4,16,17,18,19,25)/t9-,10+,12-/m0/s1. The van der Waals surface area contributed by atoms with Crippen molar-refractivity contribution >= 4 is 35.4 Å². The Labute approximate surface area is 168 Å². The van der Waals surface area contributed by atoms with Gasteiger partial charge < -0.3 is 30.4 Å². The lowest BCUT2D eigenvalue weighted by Crippen LogP contribution is -2.49. The van der Waals surface area contributed by atoms with Crippen molar-refractivity contribution in [2.75, 3.05) is 24.2 Å². The average Bonchev–Trinajstić information content (AvgIpc) is 2.59. The molecule has 0 spiro atoms. The van der Waals surface area contributed by atoms with E-state index in [1.165, 1.54) is 0 Å². The minimum absolute atomic E-state index is 0.429. The van der Waals surface area contributed by atoms with Crippen molar-refractivity contribution in [2.45, 2.75) is 39.1 Å². The summed E-state index contributed by atoms with van der Waals surface area (Å²) in [6, 6.07) is 0. The van der Waals surface area contributed by atoms with Crippen molar-refractivity contribution in [3.05, 3.63) is 20.5 Å². The van der Waals surface area contributed by atoms with Gasteiger partial charge in [0.05, 0.1) is 18.1 Å². The minimum Gasteiger partial charge on any atom is -0.457 e. The van der Waals surface area contributed by atoms with Crippen LogP contribution >= 0.6 is 0 Å². The maximum absolute atomic E-state index is 11.8. The first-order valence-corrected chi connectivity index (χ1v) is 8.36. The molecular weight excluding hydrogens is 410 g/mol. The molecule has 1 rings (SSSR count). The van der Waals surface area contributed by atoms with Crippen LogP contribution in [0.25, 0.3) is 0 Å². The number of aliphatic hydroxyl groups excluding tert-OH is 1. The monoisotopic (exact) mass is 431 g/mol. The van der Waals surface area contributed by atoms with E-state index in [4.69, 9.17) is 19.9 Å². The van der Waals surface area contributed by atoms with E-state index in [9.17, 15) is 34.4 Å². The molecule has 15 nitrogen and oxygen atoms in total. The highest BCUT2D eigenvalue weighted by Crippen LogP contribution is 2.19. The number of ether oxygens (including phenoxy) is 3. The van der Waals surface area contributed by atoms with Crippen LogP contribution in [0.4, 0.5) is 17.5 Å². The second-order valence-corrected chi connectivity index (χ2v) is 5.84. The first-order valence-electron chi connectivity index (χ1n) is 8.36. The summed E-state index contributed by atoms with van der Waals surface area (Å²) in [4.78, 5) is 61.8. The number of nitrogen functional groups attached to an aromatic ring is 1. The summed E-state index contributed by atoms with van der Waals surface area (Å²) in [5, 5.41) is 23.1. The summed E-state index contributed by atoms with van der Waals surface area (Å²) in [5.74, 6) is -3.49. The number of H-pyrrole nitrogens is 1. The van der Waals surface area contributed by atoms with Crippen LogP contribution in [0.15, 0.2) is 4.79 Å². The van der Waals surface area contributed by atoms with Crippen molar-refractivity contribution in [3.63, 3.8) is 0 Å². The van der Waals surface area contributed by atoms with Crippen LogP contribution in [0.2, 0.25) is 0 Å². The Bertz CT molecular complexity index is 870. The Morgan fingerprint density at radius 2 is 1.70 bits per heavy atom. The highest BCUT2D eigenvalue weighted by Gasteiger charge is 2.37. The van der Waals surface area contributed by atoms with Crippen LogP contribution in [-0.2, 0) is 28.6 Å². The number of esters is 3. The van der Waals surface area contributed by atoms with Gasteiger partial charge in [-0.25, -0.2) is 0 Å². The molecule has 1 heterocycles. The first kappa shape index (κ1) is 24.3. The predicted molar refractivity (Wildman–Crippen MR) is 98.2 cm³/mol. The summed E-state index contributed by atoms with van der Waals surface area (Å²) >= 11 is 0. The molecule has 0 saturated carbocycles. The SMILES string of the molecule is CC(=O)O[C@@H]([C@H](CNc1nc(N)[nH]c(=O)c1[N+](=O)[O-])OC(C)=O)[C@@H](CO)OC(C)=O. The zero-order valence-electron chi connectivity index (χ0n) is 16.2. The molecule has 3 atom stereocenters. The van der Waals surface area contributed by atoms with Crippen LogP contribution in [-0.4, -0.2) is 69.4 Å². The zero-order chi connectivity index (χ0) is 23.0. The summed E-state index contributed by atoms with van der Waals surface area (Å²) in [6.45, 7) is 1.80. The number of aromatic amines is 1. The van der Waals surface area contributed by atoms with Gasteiger partial charge in [-0.2, -0.15) is 4.98 Å². The lowest BCUT2D eigenvalue weighted by molar-refractivity contribution is -0.385. The molecule has 15 heteroatoms. The quantitative estimate of drug-likeness (QED) is 0.143. The number of anilines is 2. The van der Waals surface area contributed by atoms with Crippen molar-refractivity contribution in [1.82, 2.24) is 9.97 Å². The van der Waals surface area contributed by atoms with Crippen molar-refractivity contribution < 1.29 is 38.6 Å². The molecule has 0 bridgehead atoms. The molecule has 1 aromatic heterocycles. The number of nitro groups is 1.